The smallest absolute Gasteiger partial charge is 0.310 e. The van der Waals surface area contributed by atoms with Crippen molar-refractivity contribution in [3.05, 3.63) is 63.3 Å². The van der Waals surface area contributed by atoms with Gasteiger partial charge in [0.1, 0.15) is 27.2 Å². The number of phenols is 1. The van der Waals surface area contributed by atoms with Crippen LogP contribution in [-0.4, -0.2) is 86.2 Å². The van der Waals surface area contributed by atoms with Gasteiger partial charge in [-0.3, -0.25) is 4.79 Å². The van der Waals surface area contributed by atoms with E-state index < -0.39 is 73.6 Å². The van der Waals surface area contributed by atoms with E-state index in [0.717, 1.165) is 4.88 Å². The fourth-order valence-corrected chi connectivity index (χ4v) is 7.78. The van der Waals surface area contributed by atoms with Crippen LogP contribution in [0.3, 0.4) is 0 Å². The van der Waals surface area contributed by atoms with E-state index in [1.54, 1.807) is 24.3 Å². The second-order valence-corrected chi connectivity index (χ2v) is 12.6. The van der Waals surface area contributed by atoms with E-state index >= 15 is 0 Å². The van der Waals surface area contributed by atoms with Crippen LogP contribution in [0.2, 0.25) is 0 Å². The number of aliphatic hydroxyl groups is 2. The molecule has 2 aromatic carbocycles. The van der Waals surface area contributed by atoms with Crippen LogP contribution in [0.25, 0.3) is 0 Å². The summed E-state index contributed by atoms with van der Waals surface area (Å²) < 4.78 is 68.0. The molecule has 3 aromatic rings. The Morgan fingerprint density at radius 1 is 0.957 bits per heavy atom. The van der Waals surface area contributed by atoms with Gasteiger partial charge in [-0.25, -0.2) is 0 Å². The molecule has 10 atom stereocenters. The number of benzene rings is 2. The predicted octanol–water partition coefficient (Wildman–Crippen LogP) is 2.75. The number of hydrogen-bond acceptors (Lipinski definition) is 14. The Labute approximate surface area is 269 Å². The van der Waals surface area contributed by atoms with E-state index in [2.05, 4.69) is 0 Å². The summed E-state index contributed by atoms with van der Waals surface area (Å²) in [6.07, 6.45) is -7.66. The predicted molar refractivity (Wildman–Crippen MR) is 156 cm³/mol. The van der Waals surface area contributed by atoms with Gasteiger partial charge in [-0.1, -0.05) is 6.07 Å². The zero-order valence-electron chi connectivity index (χ0n) is 26.6. The summed E-state index contributed by atoms with van der Waals surface area (Å²) in [4.78, 5) is 14.3. The zero-order valence-corrected chi connectivity index (χ0v) is 25.4. The fourth-order valence-electron chi connectivity index (χ4n) is 7.07. The number of carbonyl (C=O) groups is 1. The van der Waals surface area contributed by atoms with Crippen LogP contribution in [0.15, 0.2) is 41.8 Å². The van der Waals surface area contributed by atoms with Gasteiger partial charge in [-0.15, -0.1) is 11.3 Å². The van der Waals surface area contributed by atoms with Gasteiger partial charge in [0, 0.05) is 11.8 Å². The minimum atomic E-state index is -2.44. The summed E-state index contributed by atoms with van der Waals surface area (Å²) in [5.74, 6) is -2.48. The Hall–Kier alpha value is -3.63. The molecule has 8 rings (SSSR count). The van der Waals surface area contributed by atoms with Crippen molar-refractivity contribution in [2.45, 2.75) is 49.0 Å². The maximum absolute atomic E-state index is 13.5. The topological polar surface area (TPSA) is 161 Å². The van der Waals surface area contributed by atoms with Crippen molar-refractivity contribution >= 4 is 17.3 Å². The third-order valence-corrected chi connectivity index (χ3v) is 10.1. The average molecular weight is 659 g/mol. The summed E-state index contributed by atoms with van der Waals surface area (Å²) >= 11 is 1.44. The Balaban J connectivity index is 1.18. The summed E-state index contributed by atoms with van der Waals surface area (Å²) in [7, 11) is 2.78. The number of aromatic hydroxyl groups is 1. The van der Waals surface area contributed by atoms with Crippen LogP contribution >= 0.6 is 11.3 Å². The van der Waals surface area contributed by atoms with Crippen molar-refractivity contribution in [1.82, 2.24) is 0 Å². The molecular weight excluding hydrogens is 624 g/mol. The molecule has 3 N–H and O–H groups in total. The molecule has 0 spiro atoms. The van der Waals surface area contributed by atoms with Crippen molar-refractivity contribution < 1.29 is 65.5 Å². The highest BCUT2D eigenvalue weighted by Gasteiger charge is 2.56. The van der Waals surface area contributed by atoms with Gasteiger partial charge in [-0.2, -0.15) is 0 Å². The normalized spacial score (nSPS) is 36.0. The first-order chi connectivity index (χ1) is 23.1. The van der Waals surface area contributed by atoms with Crippen molar-refractivity contribution in [2.24, 2.45) is 11.8 Å². The Bertz CT molecular complexity index is 1690. The lowest BCUT2D eigenvalue weighted by Crippen LogP contribution is -2.62. The average Bonchev–Trinajstić information content (AvgIpc) is 3.81. The molecule has 0 amide bonds. The Morgan fingerprint density at radius 3 is 2.39 bits per heavy atom. The molecule has 5 heterocycles. The number of phenolic OH excluding ortho intramolecular Hbond substituents is 1. The third kappa shape index (κ3) is 4.70. The first-order valence-electron chi connectivity index (χ1n) is 15.7. The summed E-state index contributed by atoms with van der Waals surface area (Å²) in [6, 6.07) is 10.1. The number of fused-ring (bicyclic) bond motifs is 4. The van der Waals surface area contributed by atoms with Gasteiger partial charge in [0.2, 0.25) is 12.5 Å². The summed E-state index contributed by atoms with van der Waals surface area (Å²) in [5, 5.41) is 35.0. The number of hydrogen-bond donors (Lipinski definition) is 3. The molecule has 3 saturated heterocycles. The molecule has 0 saturated carbocycles. The lowest BCUT2D eigenvalue weighted by Gasteiger charge is -2.48. The maximum atomic E-state index is 13.5. The van der Waals surface area contributed by atoms with Gasteiger partial charge in [0.15, 0.2) is 35.6 Å². The monoisotopic (exact) mass is 658 g/mol. The van der Waals surface area contributed by atoms with E-state index in [9.17, 15) is 20.1 Å². The second-order valence-electron chi connectivity index (χ2n) is 11.6. The number of cyclic esters (lactones) is 1. The molecule has 5 aliphatic rings. The van der Waals surface area contributed by atoms with E-state index in [-0.39, 0.29) is 42.0 Å². The van der Waals surface area contributed by atoms with E-state index in [1.165, 1.54) is 25.6 Å². The molecule has 46 heavy (non-hydrogen) atoms. The van der Waals surface area contributed by atoms with Gasteiger partial charge in [-0.05, 0) is 52.4 Å². The molecule has 4 aliphatic heterocycles. The lowest BCUT2D eigenvalue weighted by atomic mass is 9.66. The molecule has 0 unspecified atom stereocenters. The second kappa shape index (κ2) is 11.6. The van der Waals surface area contributed by atoms with E-state index in [4.69, 9.17) is 45.4 Å². The van der Waals surface area contributed by atoms with Crippen LogP contribution in [0.4, 0.5) is 0 Å². The van der Waals surface area contributed by atoms with Crippen LogP contribution < -0.4 is 18.9 Å². The van der Waals surface area contributed by atoms with Crippen molar-refractivity contribution in [3.63, 3.8) is 0 Å². The highest BCUT2D eigenvalue weighted by atomic mass is 32.1. The molecule has 1 aromatic heterocycles. The first-order valence-corrected chi connectivity index (χ1v) is 15.6. The van der Waals surface area contributed by atoms with Gasteiger partial charge in [0.05, 0.1) is 44.3 Å². The third-order valence-electron chi connectivity index (χ3n) is 9.24. The molecule has 13 nitrogen and oxygen atoms in total. The number of esters is 1. The number of thiophene rings is 1. The number of carbonyl (C=O) groups excluding carboxylic acids is 1. The van der Waals surface area contributed by atoms with E-state index in [1.807, 2.05) is 17.5 Å². The highest BCUT2D eigenvalue weighted by molar-refractivity contribution is 7.10. The fraction of sp³-hybridized carbons (Fsp3) is 0.469. The van der Waals surface area contributed by atoms with Crippen molar-refractivity contribution in [3.8, 4) is 28.7 Å². The van der Waals surface area contributed by atoms with Crippen molar-refractivity contribution in [2.75, 3.05) is 34.2 Å². The van der Waals surface area contributed by atoms with Gasteiger partial charge >= 0.3 is 5.97 Å². The molecule has 14 heteroatoms. The summed E-state index contributed by atoms with van der Waals surface area (Å²) in [5.41, 5.74) is 1.55. The minimum Gasteiger partial charge on any atom is -0.502 e. The van der Waals surface area contributed by atoms with Crippen LogP contribution in [0, 0.1) is 11.8 Å². The van der Waals surface area contributed by atoms with Crippen LogP contribution in [0.5, 0.6) is 28.7 Å². The molecule has 1 aliphatic carbocycles. The quantitative estimate of drug-likeness (QED) is 0.332. The maximum Gasteiger partial charge on any atom is 0.310 e. The Kier molecular flexibility index (Phi) is 6.91. The van der Waals surface area contributed by atoms with Crippen LogP contribution in [0.1, 0.15) is 42.6 Å². The van der Waals surface area contributed by atoms with Crippen LogP contribution in [-0.2, 0) is 28.5 Å². The molecule has 0 bridgehead atoms. The highest BCUT2D eigenvalue weighted by Crippen LogP contribution is 2.57. The minimum absolute atomic E-state index is 0.0438. The molecule has 3 fully saturated rings. The SMILES string of the molecule is [2H]C1([2H])Oc2cc3c(cc2O1)[C@@H](O[C@@H]1O[C@@H]2CO[C@@H](c4cccs4)O[C@H]2[C@H](O)[C@H]1O)[C@H]1COC(=O)[C@@H]1[C@@H]3c1cc(OC)c(O)c(OC)c1. The molecule has 244 valence electrons. The molecule has 0 radical (unpaired) electrons. The van der Waals surface area contributed by atoms with Crippen molar-refractivity contribution in [1.29, 1.82) is 0 Å². The standard InChI is InChI=1S/C32H32O13S/c1-37-19-6-13(7-20(38-2)25(19)33)23-14-8-17-18(42-12-41-17)9-15(14)28(16-10-39-30(36)24(16)23)44-32-27(35)26(34)29-21(43-32)11-40-31(45-29)22-4-3-5-46-22/h3-9,16,21,23-24,26-29,31-35H,10-12H2,1-2H3/t16-,21+,23+,24-,26+,27+,28+,29+,31+,32-/m0/s1/i12D2. The molecular formula is C32H32O13S. The Morgan fingerprint density at radius 2 is 1.70 bits per heavy atom. The van der Waals surface area contributed by atoms with Gasteiger partial charge in [0.25, 0.3) is 0 Å². The number of ether oxygens (including phenoxy) is 9. The largest absolute Gasteiger partial charge is 0.502 e. The first kappa shape index (κ1) is 27.5. The lowest BCUT2D eigenvalue weighted by molar-refractivity contribution is -0.368. The number of methoxy groups -OCH3 is 2. The summed E-state index contributed by atoms with van der Waals surface area (Å²) in [6.45, 7) is -2.42. The number of rotatable bonds is 6. The van der Waals surface area contributed by atoms with E-state index in [0.29, 0.717) is 16.7 Å². The zero-order chi connectivity index (χ0) is 33.5. The van der Waals surface area contributed by atoms with Gasteiger partial charge < -0.3 is 58.0 Å². The number of aliphatic hydroxyl groups excluding tert-OH is 2.